The number of rotatable bonds is 2. The molecule has 0 aliphatic rings. The van der Waals surface area contributed by atoms with E-state index in [2.05, 4.69) is 6.07 Å². The molecule has 26 heavy (non-hydrogen) atoms. The van der Waals surface area contributed by atoms with E-state index in [1.807, 2.05) is 73.5 Å². The average molecular weight is 345 g/mol. The fourth-order valence-corrected chi connectivity index (χ4v) is 4.00. The molecule has 0 radical (unpaired) electrons. The van der Waals surface area contributed by atoms with E-state index in [1.54, 1.807) is 0 Å². The number of fused-ring (bicyclic) bond motifs is 2. The highest BCUT2D eigenvalue weighted by molar-refractivity contribution is 5.87. The molecule has 4 aromatic rings. The minimum Gasteiger partial charge on any atom is -0.348 e. The number of nitrogens with zero attached hydrogens (tertiary/aromatic N) is 3. The van der Waals surface area contributed by atoms with Gasteiger partial charge in [0.15, 0.2) is 0 Å². The topological polar surface area (TPSA) is 33.6 Å². The van der Waals surface area contributed by atoms with E-state index in [-0.39, 0.29) is 5.82 Å². The van der Waals surface area contributed by atoms with Gasteiger partial charge in [-0.3, -0.25) is 0 Å². The Balaban J connectivity index is 1.89. The fraction of sp³-hybridized carbons (Fsp3) is 0.227. The van der Waals surface area contributed by atoms with Gasteiger partial charge in [-0.1, -0.05) is 18.2 Å². The SMILES string of the molecule is Cc1cc(Cc2cc3cccc(C#N)c3n2C)c(F)c2cc(C)n(C)c12. The highest BCUT2D eigenvalue weighted by Crippen LogP contribution is 2.30. The van der Waals surface area contributed by atoms with Crippen molar-refractivity contribution in [2.45, 2.75) is 20.3 Å². The van der Waals surface area contributed by atoms with E-state index in [0.29, 0.717) is 22.9 Å². The second kappa shape index (κ2) is 5.74. The molecular formula is C22H20FN3. The highest BCUT2D eigenvalue weighted by atomic mass is 19.1. The zero-order valence-corrected chi connectivity index (χ0v) is 15.4. The van der Waals surface area contributed by atoms with Crippen LogP contribution in [0.3, 0.4) is 0 Å². The van der Waals surface area contributed by atoms with E-state index in [1.165, 1.54) is 0 Å². The van der Waals surface area contributed by atoms with Crippen LogP contribution in [0.25, 0.3) is 21.8 Å². The summed E-state index contributed by atoms with van der Waals surface area (Å²) in [5.74, 6) is -0.153. The smallest absolute Gasteiger partial charge is 0.136 e. The number of benzene rings is 2. The molecule has 0 unspecified atom stereocenters. The molecule has 2 heterocycles. The molecule has 2 aromatic heterocycles. The van der Waals surface area contributed by atoms with Crippen LogP contribution in [0.5, 0.6) is 0 Å². The average Bonchev–Trinajstić information content (AvgIpc) is 3.10. The molecule has 130 valence electrons. The molecule has 0 atom stereocenters. The summed E-state index contributed by atoms with van der Waals surface area (Å²) < 4.78 is 19.2. The van der Waals surface area contributed by atoms with Crippen molar-refractivity contribution in [1.82, 2.24) is 9.13 Å². The molecule has 0 spiro atoms. The number of para-hydroxylation sites is 1. The maximum atomic E-state index is 15.2. The Labute approximate surface area is 151 Å². The van der Waals surface area contributed by atoms with Crippen molar-refractivity contribution in [3.63, 3.8) is 0 Å². The maximum Gasteiger partial charge on any atom is 0.136 e. The Hall–Kier alpha value is -3.06. The third-order valence-electron chi connectivity index (χ3n) is 5.40. The van der Waals surface area contributed by atoms with Crippen molar-refractivity contribution in [1.29, 1.82) is 5.26 Å². The van der Waals surface area contributed by atoms with Gasteiger partial charge in [-0.2, -0.15) is 5.26 Å². The number of nitriles is 1. The van der Waals surface area contributed by atoms with Crippen molar-refractivity contribution in [2.24, 2.45) is 14.1 Å². The Morgan fingerprint density at radius 2 is 1.81 bits per heavy atom. The van der Waals surface area contributed by atoms with Crippen molar-refractivity contribution in [3.8, 4) is 6.07 Å². The minimum atomic E-state index is -0.153. The first-order valence-electron chi connectivity index (χ1n) is 8.63. The summed E-state index contributed by atoms with van der Waals surface area (Å²) >= 11 is 0. The molecule has 0 bridgehead atoms. The van der Waals surface area contributed by atoms with Crippen LogP contribution >= 0.6 is 0 Å². The van der Waals surface area contributed by atoms with Crippen LogP contribution in [-0.2, 0) is 20.5 Å². The number of halogens is 1. The van der Waals surface area contributed by atoms with Crippen LogP contribution in [0.15, 0.2) is 36.4 Å². The standard InChI is InChI=1S/C22H20FN3/c1-13-8-17(20(23)19-9-14(2)25(3)21(13)19)11-18-10-15-6-5-7-16(12-24)22(15)26(18)4/h5-10H,11H2,1-4H3. The molecule has 0 N–H and O–H groups in total. The molecule has 0 aliphatic heterocycles. The van der Waals surface area contributed by atoms with E-state index in [0.717, 1.165) is 33.4 Å². The molecule has 2 aromatic carbocycles. The lowest BCUT2D eigenvalue weighted by atomic mass is 10.0. The summed E-state index contributed by atoms with van der Waals surface area (Å²) in [5.41, 5.74) is 6.29. The Morgan fingerprint density at radius 3 is 2.54 bits per heavy atom. The van der Waals surface area contributed by atoms with E-state index >= 15 is 4.39 Å². The van der Waals surface area contributed by atoms with Crippen molar-refractivity contribution in [2.75, 3.05) is 0 Å². The van der Waals surface area contributed by atoms with Gasteiger partial charge in [0.05, 0.1) is 16.6 Å². The van der Waals surface area contributed by atoms with Gasteiger partial charge in [-0.05, 0) is 43.2 Å². The number of hydrogen-bond donors (Lipinski definition) is 0. The molecule has 0 amide bonds. The molecule has 0 saturated heterocycles. The van der Waals surface area contributed by atoms with Crippen LogP contribution < -0.4 is 0 Å². The number of hydrogen-bond acceptors (Lipinski definition) is 1. The molecule has 0 aliphatic carbocycles. The van der Waals surface area contributed by atoms with Gasteiger partial charge >= 0.3 is 0 Å². The van der Waals surface area contributed by atoms with Crippen LogP contribution in [0, 0.1) is 31.0 Å². The molecule has 0 fully saturated rings. The Kier molecular flexibility index (Phi) is 3.62. The second-order valence-corrected chi connectivity index (χ2v) is 7.00. The van der Waals surface area contributed by atoms with Crippen LogP contribution in [-0.4, -0.2) is 9.13 Å². The first kappa shape index (κ1) is 16.4. The fourth-order valence-electron chi connectivity index (χ4n) is 4.00. The monoisotopic (exact) mass is 345 g/mol. The molecule has 4 heteroatoms. The quantitative estimate of drug-likeness (QED) is 0.509. The first-order chi connectivity index (χ1) is 12.4. The third kappa shape index (κ3) is 2.24. The van der Waals surface area contributed by atoms with Crippen molar-refractivity contribution in [3.05, 3.63) is 70.3 Å². The van der Waals surface area contributed by atoms with Gasteiger partial charge in [0.25, 0.3) is 0 Å². The summed E-state index contributed by atoms with van der Waals surface area (Å²) in [4.78, 5) is 0. The molecule has 3 nitrogen and oxygen atoms in total. The summed E-state index contributed by atoms with van der Waals surface area (Å²) in [6, 6.07) is 13.8. The van der Waals surface area contributed by atoms with Crippen LogP contribution in [0.4, 0.5) is 4.39 Å². The summed E-state index contributed by atoms with van der Waals surface area (Å²) in [6.45, 7) is 4.02. The Morgan fingerprint density at radius 1 is 1.04 bits per heavy atom. The van der Waals surface area contributed by atoms with Gasteiger partial charge < -0.3 is 9.13 Å². The van der Waals surface area contributed by atoms with Gasteiger partial charge in [-0.25, -0.2) is 4.39 Å². The lowest BCUT2D eigenvalue weighted by molar-refractivity contribution is 0.623. The maximum absolute atomic E-state index is 15.2. The largest absolute Gasteiger partial charge is 0.348 e. The van der Waals surface area contributed by atoms with E-state index in [4.69, 9.17) is 0 Å². The zero-order valence-electron chi connectivity index (χ0n) is 15.4. The summed E-state index contributed by atoms with van der Waals surface area (Å²) in [7, 11) is 3.91. The summed E-state index contributed by atoms with van der Waals surface area (Å²) in [5, 5.41) is 11.0. The Bertz CT molecular complexity index is 1220. The van der Waals surface area contributed by atoms with E-state index < -0.39 is 0 Å². The lowest BCUT2D eigenvalue weighted by Gasteiger charge is -2.10. The normalized spacial score (nSPS) is 11.4. The molecule has 4 rings (SSSR count). The predicted molar refractivity (Wildman–Crippen MR) is 103 cm³/mol. The predicted octanol–water partition coefficient (Wildman–Crippen LogP) is 4.89. The molecule has 0 saturated carbocycles. The number of aryl methyl sites for hydroxylation is 4. The number of aromatic nitrogens is 2. The summed E-state index contributed by atoms with van der Waals surface area (Å²) in [6.07, 6.45) is 0.493. The first-order valence-corrected chi connectivity index (χ1v) is 8.63. The third-order valence-corrected chi connectivity index (χ3v) is 5.40. The van der Waals surface area contributed by atoms with Crippen LogP contribution in [0.1, 0.15) is 28.1 Å². The van der Waals surface area contributed by atoms with Gasteiger partial charge in [-0.15, -0.1) is 0 Å². The second-order valence-electron chi connectivity index (χ2n) is 7.00. The highest BCUT2D eigenvalue weighted by Gasteiger charge is 2.17. The lowest BCUT2D eigenvalue weighted by Crippen LogP contribution is -2.02. The van der Waals surface area contributed by atoms with Gasteiger partial charge in [0, 0.05) is 42.7 Å². The van der Waals surface area contributed by atoms with Crippen molar-refractivity contribution >= 4 is 21.8 Å². The zero-order chi connectivity index (χ0) is 18.6. The van der Waals surface area contributed by atoms with Gasteiger partial charge in [0.2, 0.25) is 0 Å². The minimum absolute atomic E-state index is 0.153. The van der Waals surface area contributed by atoms with Crippen LogP contribution in [0.2, 0.25) is 0 Å². The molecular weight excluding hydrogens is 325 g/mol. The van der Waals surface area contributed by atoms with Crippen molar-refractivity contribution < 1.29 is 4.39 Å². The van der Waals surface area contributed by atoms with Gasteiger partial charge in [0.1, 0.15) is 11.9 Å². The van der Waals surface area contributed by atoms with E-state index in [9.17, 15) is 5.26 Å².